The van der Waals surface area contributed by atoms with Crippen molar-refractivity contribution in [3.05, 3.63) is 66.2 Å². The normalized spacial score (nSPS) is 11.3. The summed E-state index contributed by atoms with van der Waals surface area (Å²) in [5.74, 6) is -1.10. The van der Waals surface area contributed by atoms with Crippen LogP contribution in [0, 0.1) is 11.3 Å². The summed E-state index contributed by atoms with van der Waals surface area (Å²) in [6.07, 6.45) is 0. The molecule has 3 nitrogen and oxygen atoms in total. The summed E-state index contributed by atoms with van der Waals surface area (Å²) >= 11 is 0. The van der Waals surface area contributed by atoms with E-state index < -0.39 is 5.92 Å². The highest BCUT2D eigenvalue weighted by Gasteiger charge is 2.19. The molecule has 0 spiro atoms. The third-order valence-corrected chi connectivity index (χ3v) is 2.57. The molecule has 2 rings (SSSR count). The number of rotatable bonds is 3. The molecule has 3 heteroatoms. The van der Waals surface area contributed by atoms with E-state index in [1.54, 1.807) is 24.3 Å². The smallest absolute Gasteiger partial charge is 0.246 e. The summed E-state index contributed by atoms with van der Waals surface area (Å²) in [4.78, 5) is 12.0. The van der Waals surface area contributed by atoms with Gasteiger partial charge in [0, 0.05) is 5.69 Å². The van der Waals surface area contributed by atoms with Gasteiger partial charge in [0.05, 0.1) is 6.07 Å². The zero-order valence-corrected chi connectivity index (χ0v) is 9.71. The molecule has 1 amide bonds. The van der Waals surface area contributed by atoms with Crippen LogP contribution in [-0.2, 0) is 4.79 Å². The lowest BCUT2D eigenvalue weighted by Gasteiger charge is -2.10. The molecule has 2 aromatic rings. The van der Waals surface area contributed by atoms with E-state index in [9.17, 15) is 4.79 Å². The Morgan fingerprint density at radius 2 is 1.56 bits per heavy atom. The van der Waals surface area contributed by atoms with Gasteiger partial charge in [-0.15, -0.1) is 0 Å². The van der Waals surface area contributed by atoms with Crippen LogP contribution in [0.15, 0.2) is 60.7 Å². The predicted octanol–water partition coefficient (Wildman–Crippen LogP) is 2.93. The van der Waals surface area contributed by atoms with Crippen LogP contribution >= 0.6 is 0 Å². The number of amides is 1. The van der Waals surface area contributed by atoms with Gasteiger partial charge in [-0.2, -0.15) is 5.26 Å². The van der Waals surface area contributed by atoms with Crippen LogP contribution in [0.3, 0.4) is 0 Å². The van der Waals surface area contributed by atoms with E-state index in [-0.39, 0.29) is 5.91 Å². The molecule has 0 heterocycles. The molecule has 0 aromatic heterocycles. The van der Waals surface area contributed by atoms with E-state index in [4.69, 9.17) is 5.26 Å². The number of hydrogen-bond donors (Lipinski definition) is 1. The molecule has 1 N–H and O–H groups in total. The van der Waals surface area contributed by atoms with Gasteiger partial charge in [-0.05, 0) is 17.7 Å². The van der Waals surface area contributed by atoms with Crippen LogP contribution in [-0.4, -0.2) is 5.91 Å². The number of nitriles is 1. The van der Waals surface area contributed by atoms with E-state index in [0.29, 0.717) is 11.3 Å². The van der Waals surface area contributed by atoms with Crippen molar-refractivity contribution in [3.8, 4) is 6.07 Å². The summed E-state index contributed by atoms with van der Waals surface area (Å²) in [5.41, 5.74) is 1.40. The molecule has 18 heavy (non-hydrogen) atoms. The number of para-hydroxylation sites is 1. The average molecular weight is 236 g/mol. The van der Waals surface area contributed by atoms with Crippen molar-refractivity contribution in [2.45, 2.75) is 5.92 Å². The quantitative estimate of drug-likeness (QED) is 0.890. The van der Waals surface area contributed by atoms with E-state index in [1.165, 1.54) is 0 Å². The second kappa shape index (κ2) is 5.65. The first-order valence-corrected chi connectivity index (χ1v) is 5.62. The Kier molecular flexibility index (Phi) is 3.72. The lowest BCUT2D eigenvalue weighted by molar-refractivity contribution is -0.116. The highest BCUT2D eigenvalue weighted by molar-refractivity contribution is 5.97. The fraction of sp³-hybridized carbons (Fsp3) is 0.0667. The summed E-state index contributed by atoms with van der Waals surface area (Å²) < 4.78 is 0. The SMILES string of the molecule is N#CC(C(=O)Nc1ccccc1)c1ccccc1. The van der Waals surface area contributed by atoms with Gasteiger partial charge < -0.3 is 5.32 Å². The molecule has 0 aliphatic carbocycles. The molecular formula is C15H12N2O. The fourth-order valence-corrected chi connectivity index (χ4v) is 1.67. The molecule has 1 unspecified atom stereocenters. The van der Waals surface area contributed by atoms with E-state index >= 15 is 0 Å². The minimum absolute atomic E-state index is 0.310. The number of nitrogens with zero attached hydrogens (tertiary/aromatic N) is 1. The van der Waals surface area contributed by atoms with Gasteiger partial charge in [0.1, 0.15) is 0 Å². The molecule has 88 valence electrons. The van der Waals surface area contributed by atoms with E-state index in [0.717, 1.165) is 0 Å². The Bertz CT molecular complexity index is 558. The molecule has 0 saturated heterocycles. The van der Waals surface area contributed by atoms with Gasteiger partial charge in [0.15, 0.2) is 5.92 Å². The van der Waals surface area contributed by atoms with Gasteiger partial charge >= 0.3 is 0 Å². The van der Waals surface area contributed by atoms with Crippen LogP contribution in [0.1, 0.15) is 11.5 Å². The first kappa shape index (κ1) is 11.9. The largest absolute Gasteiger partial charge is 0.325 e. The standard InChI is InChI=1S/C15H12N2O/c16-11-14(12-7-3-1-4-8-12)15(18)17-13-9-5-2-6-10-13/h1-10,14H,(H,17,18). The average Bonchev–Trinajstić information content (AvgIpc) is 2.42. The van der Waals surface area contributed by atoms with Gasteiger partial charge in [-0.25, -0.2) is 0 Å². The lowest BCUT2D eigenvalue weighted by Crippen LogP contribution is -2.19. The van der Waals surface area contributed by atoms with Crippen LogP contribution in [0.4, 0.5) is 5.69 Å². The number of carbonyl (C=O) groups excluding carboxylic acids is 1. The number of nitrogens with one attached hydrogen (secondary N) is 1. The van der Waals surface area contributed by atoms with Crippen LogP contribution < -0.4 is 5.32 Å². The highest BCUT2D eigenvalue weighted by Crippen LogP contribution is 2.17. The maximum atomic E-state index is 12.0. The van der Waals surface area contributed by atoms with Crippen molar-refractivity contribution < 1.29 is 4.79 Å². The molecule has 0 saturated carbocycles. The van der Waals surface area contributed by atoms with E-state index in [2.05, 4.69) is 5.32 Å². The number of hydrogen-bond acceptors (Lipinski definition) is 2. The molecule has 0 aliphatic rings. The third kappa shape index (κ3) is 2.74. The predicted molar refractivity (Wildman–Crippen MR) is 69.9 cm³/mol. The summed E-state index contributed by atoms with van der Waals surface area (Å²) in [6, 6.07) is 20.2. The van der Waals surface area contributed by atoms with Gasteiger partial charge in [-0.1, -0.05) is 48.5 Å². The zero-order valence-electron chi connectivity index (χ0n) is 9.71. The number of anilines is 1. The molecule has 0 bridgehead atoms. The maximum Gasteiger partial charge on any atom is 0.246 e. The van der Waals surface area contributed by atoms with Crippen molar-refractivity contribution >= 4 is 11.6 Å². The Balaban J connectivity index is 2.15. The number of carbonyl (C=O) groups is 1. The van der Waals surface area contributed by atoms with Crippen molar-refractivity contribution in [2.75, 3.05) is 5.32 Å². The monoisotopic (exact) mass is 236 g/mol. The Labute approximate surface area is 106 Å². The summed E-state index contributed by atoms with van der Waals surface area (Å²) in [5, 5.41) is 11.8. The van der Waals surface area contributed by atoms with Crippen molar-refractivity contribution in [2.24, 2.45) is 0 Å². The maximum absolute atomic E-state index is 12.0. The second-order valence-electron chi connectivity index (χ2n) is 3.83. The van der Waals surface area contributed by atoms with Gasteiger partial charge in [0.2, 0.25) is 5.91 Å². The first-order valence-electron chi connectivity index (χ1n) is 5.62. The Hall–Kier alpha value is -2.60. The van der Waals surface area contributed by atoms with Crippen LogP contribution in [0.25, 0.3) is 0 Å². The first-order chi connectivity index (χ1) is 8.81. The minimum atomic E-state index is -0.786. The second-order valence-corrected chi connectivity index (χ2v) is 3.83. The van der Waals surface area contributed by atoms with Crippen molar-refractivity contribution in [1.82, 2.24) is 0 Å². The molecule has 0 fully saturated rings. The summed E-state index contributed by atoms with van der Waals surface area (Å²) in [7, 11) is 0. The van der Waals surface area contributed by atoms with Crippen LogP contribution in [0.5, 0.6) is 0 Å². The highest BCUT2D eigenvalue weighted by atomic mass is 16.1. The molecule has 0 radical (unpaired) electrons. The molecule has 0 aliphatic heterocycles. The minimum Gasteiger partial charge on any atom is -0.325 e. The molecule has 1 atom stereocenters. The lowest BCUT2D eigenvalue weighted by atomic mass is 10.00. The third-order valence-electron chi connectivity index (χ3n) is 2.57. The Morgan fingerprint density at radius 3 is 2.11 bits per heavy atom. The van der Waals surface area contributed by atoms with Gasteiger partial charge in [0.25, 0.3) is 0 Å². The van der Waals surface area contributed by atoms with Crippen LogP contribution in [0.2, 0.25) is 0 Å². The molecule has 2 aromatic carbocycles. The topological polar surface area (TPSA) is 52.9 Å². The van der Waals surface area contributed by atoms with Gasteiger partial charge in [-0.3, -0.25) is 4.79 Å². The number of benzene rings is 2. The van der Waals surface area contributed by atoms with Crippen molar-refractivity contribution in [3.63, 3.8) is 0 Å². The van der Waals surface area contributed by atoms with Crippen molar-refractivity contribution in [1.29, 1.82) is 5.26 Å². The molecular weight excluding hydrogens is 224 g/mol. The fourth-order valence-electron chi connectivity index (χ4n) is 1.67. The Morgan fingerprint density at radius 1 is 1.00 bits per heavy atom. The summed E-state index contributed by atoms with van der Waals surface area (Å²) in [6.45, 7) is 0. The van der Waals surface area contributed by atoms with E-state index in [1.807, 2.05) is 42.5 Å². The zero-order chi connectivity index (χ0) is 12.8.